The van der Waals surface area contributed by atoms with Crippen LogP contribution in [0, 0.1) is 0 Å². The van der Waals surface area contributed by atoms with E-state index in [2.05, 4.69) is 19.2 Å². The zero-order valence-electron chi connectivity index (χ0n) is 12.6. The average Bonchev–Trinajstić information content (AvgIpc) is 2.41. The molecule has 1 aromatic rings. The lowest BCUT2D eigenvalue weighted by molar-refractivity contribution is -0.0643. The van der Waals surface area contributed by atoms with Crippen molar-refractivity contribution >= 4 is 9.84 Å². The molecule has 0 aromatic heterocycles. The minimum absolute atomic E-state index is 0.101. The largest absolute Gasteiger partial charge is 0.375 e. The van der Waals surface area contributed by atoms with Crippen LogP contribution in [0.2, 0.25) is 0 Å². The molecule has 0 saturated carbocycles. The number of ether oxygens (including phenoxy) is 1. The van der Waals surface area contributed by atoms with Crippen LogP contribution in [-0.2, 0) is 14.6 Å². The van der Waals surface area contributed by atoms with E-state index in [1.807, 2.05) is 12.1 Å². The first-order chi connectivity index (χ1) is 9.87. The molecule has 1 aromatic carbocycles. The summed E-state index contributed by atoms with van der Waals surface area (Å²) < 4.78 is 30.1. The lowest BCUT2D eigenvalue weighted by atomic mass is 9.92. The Bertz CT molecular complexity index is 624. The van der Waals surface area contributed by atoms with Crippen molar-refractivity contribution in [1.29, 1.82) is 0 Å². The van der Waals surface area contributed by atoms with E-state index in [9.17, 15) is 8.42 Å². The van der Waals surface area contributed by atoms with Crippen LogP contribution in [0.4, 0.5) is 0 Å². The van der Waals surface area contributed by atoms with Crippen molar-refractivity contribution in [2.75, 3.05) is 12.4 Å². The predicted octanol–water partition coefficient (Wildman–Crippen LogP) is 2.45. The molecule has 5 heteroatoms. The molecule has 0 amide bonds. The summed E-state index contributed by atoms with van der Waals surface area (Å²) in [5.74, 6) is 0.230. The van der Waals surface area contributed by atoms with Crippen LogP contribution < -0.4 is 5.32 Å². The van der Waals surface area contributed by atoms with Gasteiger partial charge in [-0.25, -0.2) is 8.42 Å². The zero-order chi connectivity index (χ0) is 15.1. The summed E-state index contributed by atoms with van der Waals surface area (Å²) in [5.41, 5.74) is 0.823. The van der Waals surface area contributed by atoms with Gasteiger partial charge in [-0.2, -0.15) is 0 Å². The molecule has 1 N–H and O–H groups in total. The summed E-state index contributed by atoms with van der Waals surface area (Å²) in [7, 11) is -3.10. The van der Waals surface area contributed by atoms with Crippen LogP contribution in [0.15, 0.2) is 29.2 Å². The van der Waals surface area contributed by atoms with Gasteiger partial charge in [-0.1, -0.05) is 18.2 Å². The Kier molecular flexibility index (Phi) is 3.84. The van der Waals surface area contributed by atoms with E-state index >= 15 is 0 Å². The van der Waals surface area contributed by atoms with Gasteiger partial charge in [-0.05, 0) is 44.7 Å². The molecule has 0 aliphatic carbocycles. The Morgan fingerprint density at radius 1 is 1.24 bits per heavy atom. The topological polar surface area (TPSA) is 55.4 Å². The van der Waals surface area contributed by atoms with E-state index in [0.717, 1.165) is 25.0 Å². The molecule has 2 heterocycles. The monoisotopic (exact) mass is 309 g/mol. The third-order valence-electron chi connectivity index (χ3n) is 4.44. The van der Waals surface area contributed by atoms with E-state index in [0.29, 0.717) is 17.4 Å². The van der Waals surface area contributed by atoms with E-state index in [1.54, 1.807) is 12.1 Å². The lowest BCUT2D eigenvalue weighted by Crippen LogP contribution is -2.45. The Labute approximate surface area is 126 Å². The van der Waals surface area contributed by atoms with Crippen molar-refractivity contribution in [3.8, 4) is 0 Å². The van der Waals surface area contributed by atoms with Crippen LogP contribution in [0.3, 0.4) is 0 Å². The van der Waals surface area contributed by atoms with Crippen LogP contribution in [0.1, 0.15) is 44.7 Å². The fourth-order valence-electron chi connectivity index (χ4n) is 3.42. The van der Waals surface area contributed by atoms with Gasteiger partial charge in [0, 0.05) is 18.7 Å². The average molecular weight is 309 g/mol. The molecule has 2 atom stereocenters. The van der Waals surface area contributed by atoms with Gasteiger partial charge < -0.3 is 10.1 Å². The second-order valence-corrected chi connectivity index (χ2v) is 8.74. The molecule has 21 heavy (non-hydrogen) atoms. The quantitative estimate of drug-likeness (QED) is 0.912. The molecular weight excluding hydrogens is 286 g/mol. The normalized spacial score (nSPS) is 30.6. The molecular formula is C16H23NO3S. The first kappa shape index (κ1) is 15.0. The van der Waals surface area contributed by atoms with Gasteiger partial charge in [0.1, 0.15) is 0 Å². The van der Waals surface area contributed by atoms with Gasteiger partial charge in [0.25, 0.3) is 0 Å². The van der Waals surface area contributed by atoms with Gasteiger partial charge in [0.15, 0.2) is 9.84 Å². The molecule has 3 rings (SSSR count). The highest BCUT2D eigenvalue weighted by Gasteiger charge is 2.34. The van der Waals surface area contributed by atoms with Crippen molar-refractivity contribution < 1.29 is 13.2 Å². The number of fused-ring (bicyclic) bond motifs is 1. The summed E-state index contributed by atoms with van der Waals surface area (Å²) in [4.78, 5) is 0.500. The van der Waals surface area contributed by atoms with Crippen molar-refractivity contribution in [2.45, 2.75) is 55.7 Å². The first-order valence-electron chi connectivity index (χ1n) is 7.59. The molecule has 4 nitrogen and oxygen atoms in total. The predicted molar refractivity (Wildman–Crippen MR) is 82.0 cm³/mol. The van der Waals surface area contributed by atoms with Crippen LogP contribution in [0.5, 0.6) is 0 Å². The van der Waals surface area contributed by atoms with Crippen LogP contribution in [0.25, 0.3) is 0 Å². The van der Waals surface area contributed by atoms with Gasteiger partial charge >= 0.3 is 0 Å². The SMILES string of the molecule is CC1(C)CC(NC2CCS(=O)(=O)c3ccccc32)CCO1. The zero-order valence-corrected chi connectivity index (χ0v) is 13.4. The number of benzene rings is 1. The summed E-state index contributed by atoms with van der Waals surface area (Å²) in [6.07, 6.45) is 2.59. The molecule has 2 aliphatic heterocycles. The molecule has 2 unspecified atom stereocenters. The minimum atomic E-state index is -3.10. The molecule has 0 spiro atoms. The second kappa shape index (κ2) is 5.38. The van der Waals surface area contributed by atoms with Gasteiger partial charge in [0.2, 0.25) is 0 Å². The fraction of sp³-hybridized carbons (Fsp3) is 0.625. The van der Waals surface area contributed by atoms with E-state index in [-0.39, 0.29) is 17.4 Å². The maximum Gasteiger partial charge on any atom is 0.178 e. The Hall–Kier alpha value is -0.910. The van der Waals surface area contributed by atoms with Crippen molar-refractivity contribution in [2.24, 2.45) is 0 Å². The summed E-state index contributed by atoms with van der Waals surface area (Å²) >= 11 is 0. The fourth-order valence-corrected chi connectivity index (χ4v) is 5.04. The molecule has 1 fully saturated rings. The van der Waals surface area contributed by atoms with E-state index in [1.165, 1.54) is 0 Å². The third-order valence-corrected chi connectivity index (χ3v) is 6.25. The van der Waals surface area contributed by atoms with E-state index in [4.69, 9.17) is 4.74 Å². The Balaban J connectivity index is 1.81. The number of sulfone groups is 1. The Morgan fingerprint density at radius 2 is 2.00 bits per heavy atom. The number of hydrogen-bond acceptors (Lipinski definition) is 4. The van der Waals surface area contributed by atoms with Gasteiger partial charge in [-0.15, -0.1) is 0 Å². The van der Waals surface area contributed by atoms with Gasteiger partial charge in [-0.3, -0.25) is 0 Å². The van der Waals surface area contributed by atoms with Crippen LogP contribution >= 0.6 is 0 Å². The highest BCUT2D eigenvalue weighted by atomic mass is 32.2. The number of rotatable bonds is 2. The number of hydrogen-bond donors (Lipinski definition) is 1. The smallest absolute Gasteiger partial charge is 0.178 e. The minimum Gasteiger partial charge on any atom is -0.375 e. The standard InChI is InChI=1S/C16H23NO3S/c1-16(2)11-12(7-9-20-16)17-14-8-10-21(18,19)15-6-4-3-5-13(14)15/h3-6,12,14,17H,7-11H2,1-2H3. The second-order valence-electron chi connectivity index (χ2n) is 6.66. The molecule has 0 bridgehead atoms. The lowest BCUT2D eigenvalue weighted by Gasteiger charge is -2.38. The van der Waals surface area contributed by atoms with Crippen molar-refractivity contribution in [3.63, 3.8) is 0 Å². The summed E-state index contributed by atoms with van der Waals surface area (Å²) in [6, 6.07) is 7.90. The van der Waals surface area contributed by atoms with Crippen molar-refractivity contribution in [3.05, 3.63) is 29.8 Å². The Morgan fingerprint density at radius 3 is 2.76 bits per heavy atom. The van der Waals surface area contributed by atoms with Crippen molar-refractivity contribution in [1.82, 2.24) is 5.32 Å². The molecule has 1 saturated heterocycles. The molecule has 2 aliphatic rings. The maximum atomic E-state index is 12.2. The van der Waals surface area contributed by atoms with Gasteiger partial charge in [0.05, 0.1) is 16.2 Å². The third kappa shape index (κ3) is 3.15. The highest BCUT2D eigenvalue weighted by Crippen LogP contribution is 2.34. The molecule has 0 radical (unpaired) electrons. The first-order valence-corrected chi connectivity index (χ1v) is 9.24. The molecule has 116 valence electrons. The summed E-state index contributed by atoms with van der Waals surface area (Å²) in [6.45, 7) is 4.98. The van der Waals surface area contributed by atoms with E-state index < -0.39 is 9.84 Å². The maximum absolute atomic E-state index is 12.2. The number of nitrogens with one attached hydrogen (secondary N) is 1. The summed E-state index contributed by atoms with van der Waals surface area (Å²) in [5, 5.41) is 3.66. The highest BCUT2D eigenvalue weighted by molar-refractivity contribution is 7.91. The van der Waals surface area contributed by atoms with Crippen LogP contribution in [-0.4, -0.2) is 32.4 Å².